The Balaban J connectivity index is 1.59. The smallest absolute Gasteiger partial charge is 0.313 e. The van der Waals surface area contributed by atoms with Crippen LogP contribution in [0.25, 0.3) is 0 Å². The minimum Gasteiger partial charge on any atom is -0.481 e. The highest BCUT2D eigenvalue weighted by atomic mass is 16.6. The molecule has 4 atom stereocenters. The first kappa shape index (κ1) is 13.5. The molecule has 0 amide bonds. The van der Waals surface area contributed by atoms with Gasteiger partial charge in [0, 0.05) is 6.42 Å². The Morgan fingerprint density at radius 3 is 2.33 bits per heavy atom. The Hall–Kier alpha value is -1.17. The Bertz CT molecular complexity index is 511. The summed E-state index contributed by atoms with van der Waals surface area (Å²) < 4.78 is 15.9. The molecule has 3 heterocycles. The summed E-state index contributed by atoms with van der Waals surface area (Å²) >= 11 is 0. The fourth-order valence-electron chi connectivity index (χ4n) is 3.29. The summed E-state index contributed by atoms with van der Waals surface area (Å²) in [6.45, 7) is 2.28. The number of rotatable bonds is 7. The van der Waals surface area contributed by atoms with E-state index in [0.29, 0.717) is 19.4 Å². The number of ether oxygens (including phenoxy) is 3. The van der Waals surface area contributed by atoms with Crippen LogP contribution in [0.2, 0.25) is 0 Å². The average Bonchev–Trinajstić information content (AvgIpc) is 3.23. The number of carboxylic acids is 1. The second kappa shape index (κ2) is 4.93. The van der Waals surface area contributed by atoms with Crippen LogP contribution in [0.15, 0.2) is 23.3 Å². The third kappa shape index (κ3) is 3.20. The molecule has 0 aromatic carbocycles. The number of hydrogen-bond donors (Lipinski definition) is 1. The van der Waals surface area contributed by atoms with Crippen LogP contribution in [0.3, 0.4) is 0 Å². The molecule has 5 heteroatoms. The van der Waals surface area contributed by atoms with Gasteiger partial charge in [-0.15, -0.1) is 0 Å². The molecule has 0 aromatic heterocycles. The number of carboxylic acid groups (broad SMARTS) is 1. The van der Waals surface area contributed by atoms with E-state index in [0.717, 1.165) is 31.6 Å². The maximum absolute atomic E-state index is 11.9. The number of carbonyl (C=O) groups is 1. The van der Waals surface area contributed by atoms with Gasteiger partial charge in [-0.2, -0.15) is 0 Å². The first-order valence-corrected chi connectivity index (χ1v) is 7.62. The van der Waals surface area contributed by atoms with Crippen LogP contribution in [0, 0.1) is 5.41 Å². The van der Waals surface area contributed by atoms with Gasteiger partial charge in [0.1, 0.15) is 0 Å². The predicted molar refractivity (Wildman–Crippen MR) is 73.9 cm³/mol. The molecule has 0 saturated carbocycles. The molecule has 3 saturated heterocycles. The van der Waals surface area contributed by atoms with E-state index in [4.69, 9.17) is 14.2 Å². The quantitative estimate of drug-likeness (QED) is 0.723. The first-order chi connectivity index (χ1) is 10.1. The Morgan fingerprint density at radius 1 is 1.14 bits per heavy atom. The van der Waals surface area contributed by atoms with Gasteiger partial charge >= 0.3 is 5.97 Å². The van der Waals surface area contributed by atoms with Crippen molar-refractivity contribution in [3.63, 3.8) is 0 Å². The van der Waals surface area contributed by atoms with Crippen molar-refractivity contribution in [3.8, 4) is 0 Å². The molecule has 3 fully saturated rings. The average molecular weight is 292 g/mol. The van der Waals surface area contributed by atoms with Crippen LogP contribution in [0.4, 0.5) is 0 Å². The van der Waals surface area contributed by atoms with Crippen molar-refractivity contribution in [2.75, 3.05) is 19.8 Å². The molecule has 0 aromatic rings. The van der Waals surface area contributed by atoms with Crippen molar-refractivity contribution >= 4 is 5.97 Å². The van der Waals surface area contributed by atoms with E-state index in [2.05, 4.69) is 6.08 Å². The second-order valence-corrected chi connectivity index (χ2v) is 6.64. The predicted octanol–water partition coefficient (Wildman–Crippen LogP) is 1.68. The van der Waals surface area contributed by atoms with Gasteiger partial charge in [0.05, 0.1) is 43.5 Å². The Labute approximate surface area is 123 Å². The van der Waals surface area contributed by atoms with Crippen LogP contribution in [-0.4, -0.2) is 49.2 Å². The Morgan fingerprint density at radius 2 is 1.76 bits per heavy atom. The lowest BCUT2D eigenvalue weighted by atomic mass is 9.72. The van der Waals surface area contributed by atoms with E-state index >= 15 is 0 Å². The van der Waals surface area contributed by atoms with Crippen molar-refractivity contribution in [1.82, 2.24) is 0 Å². The molecule has 4 aliphatic rings. The SMILES string of the molecule is O=C(O)C1(CC2CO2)C=C(CC2CO2)C=C(CC2CO2)C1. The molecule has 0 radical (unpaired) electrons. The molecule has 4 unspecified atom stereocenters. The zero-order valence-electron chi connectivity index (χ0n) is 11.9. The van der Waals surface area contributed by atoms with Crippen LogP contribution < -0.4 is 0 Å². The van der Waals surface area contributed by atoms with E-state index in [-0.39, 0.29) is 18.3 Å². The van der Waals surface area contributed by atoms with Crippen molar-refractivity contribution in [3.05, 3.63) is 23.3 Å². The summed E-state index contributed by atoms with van der Waals surface area (Å²) in [4.78, 5) is 11.9. The molecule has 0 bridgehead atoms. The zero-order valence-corrected chi connectivity index (χ0v) is 11.9. The van der Waals surface area contributed by atoms with Crippen LogP contribution >= 0.6 is 0 Å². The number of epoxide rings is 3. The number of allylic oxidation sites excluding steroid dienone is 1. The molecule has 3 aliphatic heterocycles. The summed E-state index contributed by atoms with van der Waals surface area (Å²) in [5.74, 6) is -0.741. The highest BCUT2D eigenvalue weighted by Crippen LogP contribution is 2.44. The molecule has 4 rings (SSSR count). The minimum absolute atomic E-state index is 0.104. The third-order valence-corrected chi connectivity index (χ3v) is 4.57. The lowest BCUT2D eigenvalue weighted by Crippen LogP contribution is -2.33. The number of hydrogen-bond acceptors (Lipinski definition) is 4. The molecule has 0 spiro atoms. The van der Waals surface area contributed by atoms with Gasteiger partial charge in [0.15, 0.2) is 0 Å². The molecule has 1 N–H and O–H groups in total. The van der Waals surface area contributed by atoms with Crippen molar-refractivity contribution in [2.45, 2.75) is 44.0 Å². The van der Waals surface area contributed by atoms with Crippen LogP contribution in [0.1, 0.15) is 25.7 Å². The molecular formula is C16H20O5. The standard InChI is InChI=1S/C16H20O5/c17-15(18)16(6-14-9-21-14)4-10(2-12-7-19-12)1-11(5-16)3-13-8-20-13/h1,4,12-14H,2-3,5-9H2,(H,17,18). The van der Waals surface area contributed by atoms with E-state index in [1.807, 2.05) is 6.08 Å². The van der Waals surface area contributed by atoms with Crippen LogP contribution in [-0.2, 0) is 19.0 Å². The molecule has 21 heavy (non-hydrogen) atoms. The molecule has 1 aliphatic carbocycles. The fourth-order valence-corrected chi connectivity index (χ4v) is 3.29. The number of aliphatic carboxylic acids is 1. The lowest BCUT2D eigenvalue weighted by Gasteiger charge is -2.31. The van der Waals surface area contributed by atoms with Crippen LogP contribution in [0.5, 0.6) is 0 Å². The third-order valence-electron chi connectivity index (χ3n) is 4.57. The topological polar surface area (TPSA) is 74.9 Å². The van der Waals surface area contributed by atoms with Gasteiger partial charge in [0.2, 0.25) is 0 Å². The largest absolute Gasteiger partial charge is 0.481 e. The second-order valence-electron chi connectivity index (χ2n) is 6.64. The van der Waals surface area contributed by atoms with Gasteiger partial charge < -0.3 is 19.3 Å². The summed E-state index contributed by atoms with van der Waals surface area (Å²) in [6.07, 6.45) is 7.60. The van der Waals surface area contributed by atoms with Gasteiger partial charge in [0.25, 0.3) is 0 Å². The zero-order chi connectivity index (χ0) is 14.4. The highest BCUT2D eigenvalue weighted by Gasteiger charge is 2.45. The summed E-state index contributed by atoms with van der Waals surface area (Å²) in [5, 5.41) is 9.81. The van der Waals surface area contributed by atoms with E-state index in [1.165, 1.54) is 5.57 Å². The first-order valence-electron chi connectivity index (χ1n) is 7.62. The Kier molecular flexibility index (Phi) is 3.17. The van der Waals surface area contributed by atoms with E-state index in [9.17, 15) is 9.90 Å². The normalized spacial score (nSPS) is 40.3. The maximum atomic E-state index is 11.9. The van der Waals surface area contributed by atoms with Gasteiger partial charge in [-0.1, -0.05) is 17.7 Å². The highest BCUT2D eigenvalue weighted by molar-refractivity contribution is 5.78. The summed E-state index contributed by atoms with van der Waals surface area (Å²) in [6, 6.07) is 0. The molecule has 114 valence electrons. The minimum atomic E-state index is -0.815. The summed E-state index contributed by atoms with van der Waals surface area (Å²) in [7, 11) is 0. The lowest BCUT2D eigenvalue weighted by molar-refractivity contribution is -0.146. The van der Waals surface area contributed by atoms with Crippen molar-refractivity contribution in [2.24, 2.45) is 5.41 Å². The summed E-state index contributed by atoms with van der Waals surface area (Å²) in [5.41, 5.74) is 1.48. The van der Waals surface area contributed by atoms with Gasteiger partial charge in [-0.05, 0) is 24.8 Å². The monoisotopic (exact) mass is 292 g/mol. The molecular weight excluding hydrogens is 272 g/mol. The van der Waals surface area contributed by atoms with Gasteiger partial charge in [-0.25, -0.2) is 0 Å². The van der Waals surface area contributed by atoms with Crippen molar-refractivity contribution in [1.29, 1.82) is 0 Å². The van der Waals surface area contributed by atoms with Crippen molar-refractivity contribution < 1.29 is 24.1 Å². The van der Waals surface area contributed by atoms with E-state index in [1.54, 1.807) is 0 Å². The maximum Gasteiger partial charge on any atom is 0.313 e. The van der Waals surface area contributed by atoms with Gasteiger partial charge in [-0.3, -0.25) is 4.79 Å². The van der Waals surface area contributed by atoms with E-state index < -0.39 is 11.4 Å². The molecule has 5 nitrogen and oxygen atoms in total. The fraction of sp³-hybridized carbons (Fsp3) is 0.688.